The van der Waals surface area contributed by atoms with Crippen molar-refractivity contribution < 1.29 is 23.8 Å². The van der Waals surface area contributed by atoms with Gasteiger partial charge in [-0.1, -0.05) is 42.5 Å². The molecule has 0 saturated carbocycles. The van der Waals surface area contributed by atoms with E-state index in [1.807, 2.05) is 6.07 Å². The molecule has 0 fully saturated rings. The zero-order valence-electron chi connectivity index (χ0n) is 13.3. The quantitative estimate of drug-likeness (QED) is 0.693. The van der Waals surface area contributed by atoms with Crippen LogP contribution in [0.5, 0.6) is 0 Å². The van der Waals surface area contributed by atoms with Crippen LogP contribution in [-0.2, 0) is 11.3 Å². The second-order valence-corrected chi connectivity index (χ2v) is 5.98. The molecule has 0 unspecified atom stereocenters. The number of halogens is 1. The number of carbonyl (C=O) groups is 2. The number of benzene rings is 2. The Bertz CT molecular complexity index is 943. The Hall–Kier alpha value is -3.26. The Balaban J connectivity index is 1.84. The fourth-order valence-electron chi connectivity index (χ4n) is 2.25. The molecule has 3 aromatic rings. The smallest absolute Gasteiger partial charge is 0.412 e. The van der Waals surface area contributed by atoms with Crippen molar-refractivity contribution in [2.75, 3.05) is 5.32 Å². The molecule has 26 heavy (non-hydrogen) atoms. The molecule has 0 atom stereocenters. The number of anilines is 1. The van der Waals surface area contributed by atoms with Crippen LogP contribution >= 0.6 is 11.5 Å². The van der Waals surface area contributed by atoms with Crippen LogP contribution in [0.25, 0.3) is 11.3 Å². The molecule has 1 aromatic heterocycles. The molecule has 0 aliphatic carbocycles. The third kappa shape index (κ3) is 3.86. The molecule has 1 amide bonds. The Labute approximate surface area is 152 Å². The van der Waals surface area contributed by atoms with Crippen LogP contribution in [0.3, 0.4) is 0 Å². The van der Waals surface area contributed by atoms with E-state index in [1.165, 1.54) is 18.2 Å². The van der Waals surface area contributed by atoms with Crippen LogP contribution in [0.4, 0.5) is 14.9 Å². The lowest BCUT2D eigenvalue weighted by atomic mass is 10.1. The number of ether oxygens (including phenoxy) is 1. The van der Waals surface area contributed by atoms with E-state index in [4.69, 9.17) is 4.74 Å². The predicted molar refractivity (Wildman–Crippen MR) is 94.7 cm³/mol. The summed E-state index contributed by atoms with van der Waals surface area (Å²) in [6, 6.07) is 14.8. The van der Waals surface area contributed by atoms with Crippen LogP contribution in [-0.4, -0.2) is 21.5 Å². The molecule has 0 saturated heterocycles. The molecule has 8 heteroatoms. The van der Waals surface area contributed by atoms with Gasteiger partial charge in [-0.2, -0.15) is 4.37 Å². The lowest BCUT2D eigenvalue weighted by molar-refractivity contribution is 0.0703. The minimum absolute atomic E-state index is 0.0156. The SMILES string of the molecule is O=C(Nc1c(-c2ccccc2F)nsc1C(=O)O)OCc1ccccc1. The number of hydrogen-bond acceptors (Lipinski definition) is 5. The summed E-state index contributed by atoms with van der Waals surface area (Å²) in [6.45, 7) is 0.0156. The zero-order chi connectivity index (χ0) is 18.5. The largest absolute Gasteiger partial charge is 0.477 e. The molecule has 1 heterocycles. The monoisotopic (exact) mass is 372 g/mol. The molecule has 0 spiro atoms. The maximum Gasteiger partial charge on any atom is 0.412 e. The minimum Gasteiger partial charge on any atom is -0.477 e. The molecule has 132 valence electrons. The standard InChI is InChI=1S/C18H13FN2O4S/c19-13-9-5-4-8-12(13)14-15(16(17(22)23)26-21-14)20-18(24)25-10-11-6-2-1-3-7-11/h1-9H,10H2,(H,20,24)(H,22,23). The molecule has 2 N–H and O–H groups in total. The van der Waals surface area contributed by atoms with Crippen molar-refractivity contribution in [2.24, 2.45) is 0 Å². The van der Waals surface area contributed by atoms with Crippen LogP contribution < -0.4 is 5.32 Å². The van der Waals surface area contributed by atoms with E-state index >= 15 is 0 Å². The van der Waals surface area contributed by atoms with E-state index in [0.29, 0.717) is 11.5 Å². The van der Waals surface area contributed by atoms with Gasteiger partial charge in [-0.25, -0.2) is 14.0 Å². The summed E-state index contributed by atoms with van der Waals surface area (Å²) in [5.41, 5.74) is 0.821. The van der Waals surface area contributed by atoms with Crippen molar-refractivity contribution in [3.63, 3.8) is 0 Å². The molecule has 0 bridgehead atoms. The second-order valence-electron chi connectivity index (χ2n) is 5.21. The second kappa shape index (κ2) is 7.75. The first-order valence-corrected chi connectivity index (χ1v) is 8.29. The topological polar surface area (TPSA) is 88.5 Å². The number of carboxylic acid groups (broad SMARTS) is 1. The fourth-order valence-corrected chi connectivity index (χ4v) is 2.94. The predicted octanol–water partition coefficient (Wildman–Crippen LogP) is 4.40. The third-order valence-corrected chi connectivity index (χ3v) is 4.29. The highest BCUT2D eigenvalue weighted by Crippen LogP contribution is 2.34. The van der Waals surface area contributed by atoms with Crippen LogP contribution in [0, 0.1) is 5.82 Å². The molecular weight excluding hydrogens is 359 g/mol. The van der Waals surface area contributed by atoms with Gasteiger partial charge in [0, 0.05) is 5.56 Å². The number of hydrogen-bond donors (Lipinski definition) is 2. The number of aromatic carboxylic acids is 1. The van der Waals surface area contributed by atoms with Gasteiger partial charge in [-0.3, -0.25) is 5.32 Å². The fraction of sp³-hybridized carbons (Fsp3) is 0.0556. The van der Waals surface area contributed by atoms with Crippen molar-refractivity contribution in [3.8, 4) is 11.3 Å². The summed E-state index contributed by atoms with van der Waals surface area (Å²) in [5.74, 6) is -1.85. The third-order valence-electron chi connectivity index (χ3n) is 3.46. The maximum absolute atomic E-state index is 14.0. The van der Waals surface area contributed by atoms with E-state index in [9.17, 15) is 19.1 Å². The summed E-state index contributed by atoms with van der Waals surface area (Å²) in [6.07, 6.45) is -0.853. The molecule has 3 rings (SSSR count). The summed E-state index contributed by atoms with van der Waals surface area (Å²) >= 11 is 0.658. The number of carboxylic acids is 1. The van der Waals surface area contributed by atoms with Crippen molar-refractivity contribution >= 4 is 29.3 Å². The van der Waals surface area contributed by atoms with E-state index < -0.39 is 17.9 Å². The molecular formula is C18H13FN2O4S. The van der Waals surface area contributed by atoms with Crippen molar-refractivity contribution in [2.45, 2.75) is 6.61 Å². The van der Waals surface area contributed by atoms with Crippen LogP contribution in [0.15, 0.2) is 54.6 Å². The van der Waals surface area contributed by atoms with Gasteiger partial charge in [0.05, 0.1) is 5.69 Å². The first-order chi connectivity index (χ1) is 12.6. The van der Waals surface area contributed by atoms with Gasteiger partial charge in [0.15, 0.2) is 4.88 Å². The molecule has 2 aromatic carbocycles. The number of aromatic nitrogens is 1. The van der Waals surface area contributed by atoms with Gasteiger partial charge in [0.1, 0.15) is 18.1 Å². The summed E-state index contributed by atoms with van der Waals surface area (Å²) in [5, 5.41) is 11.7. The Morgan fingerprint density at radius 2 is 1.81 bits per heavy atom. The molecule has 0 aliphatic rings. The van der Waals surface area contributed by atoms with E-state index in [1.54, 1.807) is 30.3 Å². The normalized spacial score (nSPS) is 10.3. The minimum atomic E-state index is -1.27. The van der Waals surface area contributed by atoms with Gasteiger partial charge in [0.25, 0.3) is 0 Å². The number of nitrogens with one attached hydrogen (secondary N) is 1. The van der Waals surface area contributed by atoms with Crippen LogP contribution in [0.2, 0.25) is 0 Å². The lowest BCUT2D eigenvalue weighted by Gasteiger charge is -2.09. The average Bonchev–Trinajstić information content (AvgIpc) is 3.05. The number of rotatable bonds is 5. The molecule has 0 aliphatic heterocycles. The summed E-state index contributed by atoms with van der Waals surface area (Å²) < 4.78 is 23.1. The molecule has 0 radical (unpaired) electrons. The van der Waals surface area contributed by atoms with E-state index in [0.717, 1.165) is 5.56 Å². The first-order valence-electron chi connectivity index (χ1n) is 7.52. The summed E-state index contributed by atoms with van der Waals surface area (Å²) in [4.78, 5) is 23.3. The van der Waals surface area contributed by atoms with Crippen LogP contribution in [0.1, 0.15) is 15.2 Å². The lowest BCUT2D eigenvalue weighted by Crippen LogP contribution is -2.15. The first kappa shape index (κ1) is 17.6. The number of nitrogens with zero attached hydrogens (tertiary/aromatic N) is 1. The van der Waals surface area contributed by atoms with Gasteiger partial charge in [0.2, 0.25) is 0 Å². The molecule has 6 nitrogen and oxygen atoms in total. The van der Waals surface area contributed by atoms with Gasteiger partial charge in [-0.15, -0.1) is 0 Å². The number of carbonyl (C=O) groups excluding carboxylic acids is 1. The van der Waals surface area contributed by atoms with E-state index in [-0.39, 0.29) is 28.4 Å². The Morgan fingerprint density at radius 3 is 2.50 bits per heavy atom. The van der Waals surface area contributed by atoms with Crippen molar-refractivity contribution in [3.05, 3.63) is 70.9 Å². The van der Waals surface area contributed by atoms with Crippen molar-refractivity contribution in [1.29, 1.82) is 0 Å². The van der Waals surface area contributed by atoms with E-state index in [2.05, 4.69) is 9.69 Å². The Morgan fingerprint density at radius 1 is 1.12 bits per heavy atom. The highest BCUT2D eigenvalue weighted by atomic mass is 32.1. The Kier molecular flexibility index (Phi) is 5.23. The maximum atomic E-state index is 14.0. The van der Waals surface area contributed by atoms with Gasteiger partial charge < -0.3 is 9.84 Å². The van der Waals surface area contributed by atoms with Gasteiger partial charge in [-0.05, 0) is 29.2 Å². The zero-order valence-corrected chi connectivity index (χ0v) is 14.1. The highest BCUT2D eigenvalue weighted by Gasteiger charge is 2.24. The number of amides is 1. The van der Waals surface area contributed by atoms with Gasteiger partial charge >= 0.3 is 12.1 Å². The van der Waals surface area contributed by atoms with Crippen molar-refractivity contribution in [1.82, 2.24) is 4.37 Å². The average molecular weight is 372 g/mol. The highest BCUT2D eigenvalue weighted by molar-refractivity contribution is 7.09. The summed E-state index contributed by atoms with van der Waals surface area (Å²) in [7, 11) is 0.